The molecule has 0 saturated heterocycles. The van der Waals surface area contributed by atoms with E-state index in [1.165, 1.54) is 21.5 Å². The van der Waals surface area contributed by atoms with Gasteiger partial charge in [-0.2, -0.15) is 5.26 Å². The van der Waals surface area contributed by atoms with Gasteiger partial charge < -0.3 is 9.13 Å². The molecule has 6 aromatic carbocycles. The third kappa shape index (κ3) is 3.96. The van der Waals surface area contributed by atoms with Gasteiger partial charge in [-0.1, -0.05) is 97.1 Å². The summed E-state index contributed by atoms with van der Waals surface area (Å²) in [5.41, 5.74) is 10.9. The third-order valence-corrected chi connectivity index (χ3v) is 9.02. The van der Waals surface area contributed by atoms with Crippen LogP contribution in [0.5, 0.6) is 0 Å². The van der Waals surface area contributed by atoms with E-state index < -0.39 is 0 Å². The van der Waals surface area contributed by atoms with Gasteiger partial charge >= 0.3 is 0 Å². The van der Waals surface area contributed by atoms with Crippen molar-refractivity contribution in [1.29, 1.82) is 5.26 Å². The minimum atomic E-state index is 0.631. The number of fused-ring (bicyclic) bond motifs is 6. The van der Waals surface area contributed by atoms with E-state index in [-0.39, 0.29) is 0 Å². The van der Waals surface area contributed by atoms with E-state index in [0.717, 1.165) is 55.8 Å². The number of hydrogen-bond donors (Lipinski definition) is 0. The molecule has 0 amide bonds. The van der Waals surface area contributed by atoms with Gasteiger partial charge in [-0.05, 0) is 65.7 Å². The first-order valence-electron chi connectivity index (χ1n) is 15.4. The summed E-state index contributed by atoms with van der Waals surface area (Å²) < 4.78 is 4.52. The van der Waals surface area contributed by atoms with Crippen molar-refractivity contribution < 1.29 is 0 Å². The molecule has 4 nitrogen and oxygen atoms in total. The lowest BCUT2D eigenvalue weighted by Crippen LogP contribution is -1.96. The van der Waals surface area contributed by atoms with Crippen LogP contribution >= 0.6 is 0 Å². The van der Waals surface area contributed by atoms with Gasteiger partial charge in [-0.3, -0.25) is 4.98 Å². The van der Waals surface area contributed by atoms with Crippen LogP contribution in [0.4, 0.5) is 0 Å². The average molecular weight is 587 g/mol. The van der Waals surface area contributed by atoms with Crippen LogP contribution < -0.4 is 0 Å². The summed E-state index contributed by atoms with van der Waals surface area (Å²) in [6.45, 7) is 0. The van der Waals surface area contributed by atoms with Crippen molar-refractivity contribution in [2.45, 2.75) is 0 Å². The summed E-state index contributed by atoms with van der Waals surface area (Å²) in [6, 6.07) is 55.0. The van der Waals surface area contributed by atoms with Crippen molar-refractivity contribution in [1.82, 2.24) is 14.1 Å². The number of pyridine rings is 1. The van der Waals surface area contributed by atoms with Crippen molar-refractivity contribution in [2.24, 2.45) is 0 Å². The van der Waals surface area contributed by atoms with Crippen molar-refractivity contribution in [3.8, 4) is 39.8 Å². The fourth-order valence-electron chi connectivity index (χ4n) is 6.95. The van der Waals surface area contributed by atoms with Crippen LogP contribution in [0.2, 0.25) is 0 Å². The van der Waals surface area contributed by atoms with E-state index >= 15 is 0 Å². The fourth-order valence-corrected chi connectivity index (χ4v) is 6.95. The van der Waals surface area contributed by atoms with E-state index in [0.29, 0.717) is 5.56 Å². The zero-order chi connectivity index (χ0) is 30.6. The molecule has 3 heterocycles. The Balaban J connectivity index is 1.10. The number of para-hydroxylation sites is 4. The van der Waals surface area contributed by atoms with Crippen molar-refractivity contribution >= 4 is 43.6 Å². The molecule has 0 aliphatic carbocycles. The second-order valence-corrected chi connectivity index (χ2v) is 11.6. The maximum atomic E-state index is 10.3. The number of nitrogens with zero attached hydrogens (tertiary/aromatic N) is 4. The lowest BCUT2D eigenvalue weighted by molar-refractivity contribution is 1.14. The Kier molecular flexibility index (Phi) is 5.84. The number of rotatable bonds is 4. The van der Waals surface area contributed by atoms with Crippen LogP contribution in [-0.2, 0) is 0 Å². The van der Waals surface area contributed by atoms with E-state index in [2.05, 4.69) is 155 Å². The Hall–Kier alpha value is -6.44. The first-order valence-corrected chi connectivity index (χ1v) is 15.4. The minimum absolute atomic E-state index is 0.631. The molecule has 0 aliphatic heterocycles. The van der Waals surface area contributed by atoms with Gasteiger partial charge in [0, 0.05) is 32.8 Å². The van der Waals surface area contributed by atoms with Gasteiger partial charge in [0.2, 0.25) is 0 Å². The topological polar surface area (TPSA) is 46.5 Å². The molecule has 0 saturated carbocycles. The highest BCUT2D eigenvalue weighted by atomic mass is 15.0. The summed E-state index contributed by atoms with van der Waals surface area (Å²) in [6.07, 6.45) is 1.95. The van der Waals surface area contributed by atoms with Gasteiger partial charge in [-0.25, -0.2) is 0 Å². The highest BCUT2D eigenvalue weighted by molar-refractivity contribution is 6.10. The molecule has 0 unspecified atom stereocenters. The van der Waals surface area contributed by atoms with Gasteiger partial charge in [0.1, 0.15) is 0 Å². The summed E-state index contributed by atoms with van der Waals surface area (Å²) in [7, 11) is 0. The summed E-state index contributed by atoms with van der Waals surface area (Å²) in [4.78, 5) is 4.91. The molecule has 0 bridgehead atoms. The standard InChI is InChI=1S/C42H26N4/c43-26-30-25-31(45-39-16-5-1-12-34(39)35-13-2-6-17-40(35)45)20-22-33(30)28-10-9-11-29(24-28)38-23-21-32(27-44-38)46-41-18-7-3-14-36(41)37-15-4-8-19-42(37)46/h1-25,27H. The lowest BCUT2D eigenvalue weighted by Gasteiger charge is -2.12. The molecular weight excluding hydrogens is 560 g/mol. The molecule has 4 heteroatoms. The number of aromatic nitrogens is 3. The van der Waals surface area contributed by atoms with Gasteiger partial charge in [0.15, 0.2) is 0 Å². The number of benzene rings is 6. The molecule has 0 radical (unpaired) electrons. The summed E-state index contributed by atoms with van der Waals surface area (Å²) in [5, 5.41) is 15.2. The monoisotopic (exact) mass is 586 g/mol. The van der Waals surface area contributed by atoms with Crippen molar-refractivity contribution in [3.63, 3.8) is 0 Å². The van der Waals surface area contributed by atoms with Crippen LogP contribution in [0, 0.1) is 11.3 Å². The lowest BCUT2D eigenvalue weighted by atomic mass is 9.97. The van der Waals surface area contributed by atoms with E-state index in [1.807, 2.05) is 18.3 Å². The maximum Gasteiger partial charge on any atom is 0.0998 e. The fraction of sp³-hybridized carbons (Fsp3) is 0. The maximum absolute atomic E-state index is 10.3. The highest BCUT2D eigenvalue weighted by Gasteiger charge is 2.15. The summed E-state index contributed by atoms with van der Waals surface area (Å²) in [5.74, 6) is 0. The van der Waals surface area contributed by atoms with Gasteiger partial charge in [0.05, 0.1) is 51.3 Å². The molecule has 0 fully saturated rings. The third-order valence-electron chi connectivity index (χ3n) is 9.02. The smallest absolute Gasteiger partial charge is 0.0998 e. The van der Waals surface area contributed by atoms with Crippen molar-refractivity contribution in [3.05, 3.63) is 163 Å². The van der Waals surface area contributed by atoms with E-state index in [4.69, 9.17) is 4.98 Å². The summed E-state index contributed by atoms with van der Waals surface area (Å²) >= 11 is 0. The molecule has 0 spiro atoms. The van der Waals surface area contributed by atoms with Gasteiger partial charge in [-0.15, -0.1) is 0 Å². The Morgan fingerprint density at radius 2 is 0.957 bits per heavy atom. The second kappa shape index (κ2) is 10.3. The number of hydrogen-bond acceptors (Lipinski definition) is 2. The number of nitriles is 1. The predicted molar refractivity (Wildman–Crippen MR) is 189 cm³/mol. The molecule has 46 heavy (non-hydrogen) atoms. The quantitative estimate of drug-likeness (QED) is 0.206. The molecule has 0 atom stereocenters. The largest absolute Gasteiger partial charge is 0.309 e. The SMILES string of the molecule is N#Cc1cc(-n2c3ccccc3c3ccccc32)ccc1-c1cccc(-c2ccc(-n3c4ccccc4c4ccccc43)cn2)c1. The highest BCUT2D eigenvalue weighted by Crippen LogP contribution is 2.35. The Labute approximate surface area is 265 Å². The molecule has 9 aromatic rings. The molecule has 0 N–H and O–H groups in total. The molecule has 9 rings (SSSR count). The molecular formula is C42H26N4. The Bertz CT molecular complexity index is 2540. The van der Waals surface area contributed by atoms with E-state index in [1.54, 1.807) is 0 Å². The first-order chi connectivity index (χ1) is 22.8. The van der Waals surface area contributed by atoms with Crippen LogP contribution in [0.1, 0.15) is 5.56 Å². The predicted octanol–water partition coefficient (Wildman–Crippen LogP) is 10.5. The zero-order valence-electron chi connectivity index (χ0n) is 24.8. The normalized spacial score (nSPS) is 11.5. The molecule has 214 valence electrons. The Morgan fingerprint density at radius 3 is 1.48 bits per heavy atom. The van der Waals surface area contributed by atoms with Crippen LogP contribution in [0.3, 0.4) is 0 Å². The first kappa shape index (κ1) is 26.0. The van der Waals surface area contributed by atoms with Gasteiger partial charge in [0.25, 0.3) is 0 Å². The molecule has 3 aromatic heterocycles. The van der Waals surface area contributed by atoms with Crippen molar-refractivity contribution in [2.75, 3.05) is 0 Å². The van der Waals surface area contributed by atoms with E-state index in [9.17, 15) is 5.26 Å². The Morgan fingerprint density at radius 1 is 0.457 bits per heavy atom. The minimum Gasteiger partial charge on any atom is -0.309 e. The van der Waals surface area contributed by atoms with Crippen LogP contribution in [0.15, 0.2) is 158 Å². The molecule has 0 aliphatic rings. The van der Waals surface area contributed by atoms with Crippen LogP contribution in [0.25, 0.3) is 77.4 Å². The zero-order valence-corrected chi connectivity index (χ0v) is 24.8. The average Bonchev–Trinajstić information content (AvgIpc) is 3.65. The van der Waals surface area contributed by atoms with Crippen LogP contribution in [-0.4, -0.2) is 14.1 Å². The second-order valence-electron chi connectivity index (χ2n) is 11.6.